The molecule has 1 rings (SSSR count). The molecule has 0 aliphatic carbocycles. The number of rotatable bonds is 4. The number of para-hydroxylation sites is 2. The monoisotopic (exact) mass is 235 g/mol. The third-order valence-electron chi connectivity index (χ3n) is 2.30. The molecule has 0 unspecified atom stereocenters. The van der Waals surface area contributed by atoms with Crippen LogP contribution < -0.4 is 15.5 Å². The average Bonchev–Trinajstić information content (AvgIpc) is 2.27. The van der Waals surface area contributed by atoms with Crippen molar-refractivity contribution in [2.45, 2.75) is 13.8 Å². The van der Waals surface area contributed by atoms with E-state index in [9.17, 15) is 4.79 Å². The van der Waals surface area contributed by atoms with E-state index in [4.69, 9.17) is 0 Å². The zero-order chi connectivity index (χ0) is 12.8. The molecule has 4 heteroatoms. The van der Waals surface area contributed by atoms with Gasteiger partial charge in [0.05, 0.1) is 11.4 Å². The molecule has 0 fully saturated rings. The first-order valence-electron chi connectivity index (χ1n) is 5.82. The number of carbonyl (C=O) groups excluding carboxylic acids is 1. The van der Waals surface area contributed by atoms with E-state index in [1.165, 1.54) is 0 Å². The quantitative estimate of drug-likeness (QED) is 0.842. The van der Waals surface area contributed by atoms with Crippen molar-refractivity contribution in [1.82, 2.24) is 5.32 Å². The van der Waals surface area contributed by atoms with Crippen LogP contribution in [0.25, 0.3) is 0 Å². The number of nitrogens with one attached hydrogen (secondary N) is 2. The number of urea groups is 1. The molecule has 0 aromatic heterocycles. The SMILES string of the molecule is CC(C)CNC(=O)Nc1ccccc1N(C)C. The Morgan fingerprint density at radius 1 is 1.29 bits per heavy atom. The van der Waals surface area contributed by atoms with Crippen molar-refractivity contribution in [2.75, 3.05) is 30.9 Å². The number of carbonyl (C=O) groups is 1. The van der Waals surface area contributed by atoms with Gasteiger partial charge >= 0.3 is 6.03 Å². The summed E-state index contributed by atoms with van der Waals surface area (Å²) in [6.07, 6.45) is 0. The number of hydrogen-bond acceptors (Lipinski definition) is 2. The maximum absolute atomic E-state index is 11.7. The third-order valence-corrected chi connectivity index (χ3v) is 2.30. The lowest BCUT2D eigenvalue weighted by Gasteiger charge is -2.18. The molecule has 0 saturated heterocycles. The maximum Gasteiger partial charge on any atom is 0.319 e. The summed E-state index contributed by atoms with van der Waals surface area (Å²) in [7, 11) is 3.90. The normalized spacial score (nSPS) is 10.2. The lowest BCUT2D eigenvalue weighted by atomic mass is 10.2. The molecule has 0 spiro atoms. The van der Waals surface area contributed by atoms with Gasteiger partial charge in [-0.05, 0) is 18.1 Å². The molecule has 0 aliphatic rings. The molecule has 0 aliphatic heterocycles. The fraction of sp³-hybridized carbons (Fsp3) is 0.462. The van der Waals surface area contributed by atoms with Gasteiger partial charge in [-0.3, -0.25) is 0 Å². The molecule has 4 nitrogen and oxygen atoms in total. The van der Waals surface area contributed by atoms with Crippen LogP contribution in [-0.4, -0.2) is 26.7 Å². The second-order valence-electron chi connectivity index (χ2n) is 4.64. The predicted molar refractivity (Wildman–Crippen MR) is 72.6 cm³/mol. The van der Waals surface area contributed by atoms with Gasteiger partial charge in [-0.25, -0.2) is 4.79 Å². The van der Waals surface area contributed by atoms with Crippen LogP contribution in [0.1, 0.15) is 13.8 Å². The van der Waals surface area contributed by atoms with Crippen LogP contribution in [0.5, 0.6) is 0 Å². The minimum atomic E-state index is -0.159. The molecule has 17 heavy (non-hydrogen) atoms. The Balaban J connectivity index is 2.65. The summed E-state index contributed by atoms with van der Waals surface area (Å²) < 4.78 is 0. The molecule has 1 aromatic carbocycles. The van der Waals surface area contributed by atoms with Gasteiger partial charge in [0.2, 0.25) is 0 Å². The highest BCUT2D eigenvalue weighted by molar-refractivity contribution is 5.93. The summed E-state index contributed by atoms with van der Waals surface area (Å²) in [5.74, 6) is 0.449. The first kappa shape index (κ1) is 13.4. The van der Waals surface area contributed by atoms with Crippen LogP contribution in [-0.2, 0) is 0 Å². The van der Waals surface area contributed by atoms with E-state index in [0.29, 0.717) is 12.5 Å². The highest BCUT2D eigenvalue weighted by Crippen LogP contribution is 2.23. The number of amides is 2. The van der Waals surface area contributed by atoms with Crippen LogP contribution in [0.4, 0.5) is 16.2 Å². The van der Waals surface area contributed by atoms with Gasteiger partial charge in [-0.15, -0.1) is 0 Å². The van der Waals surface area contributed by atoms with Crippen LogP contribution in [0.15, 0.2) is 24.3 Å². The molecule has 0 radical (unpaired) electrons. The van der Waals surface area contributed by atoms with Crippen molar-refractivity contribution in [1.29, 1.82) is 0 Å². The molecular formula is C13H21N3O. The molecule has 0 saturated carbocycles. The molecule has 0 heterocycles. The minimum absolute atomic E-state index is 0.159. The van der Waals surface area contributed by atoms with Crippen LogP contribution in [0, 0.1) is 5.92 Å². The topological polar surface area (TPSA) is 44.4 Å². The minimum Gasteiger partial charge on any atom is -0.376 e. The Morgan fingerprint density at radius 2 is 1.94 bits per heavy atom. The van der Waals surface area contributed by atoms with E-state index in [2.05, 4.69) is 24.5 Å². The molecule has 0 atom stereocenters. The standard InChI is InChI=1S/C13H21N3O/c1-10(2)9-14-13(17)15-11-7-5-6-8-12(11)16(3)4/h5-8,10H,9H2,1-4H3,(H2,14,15,17). The van der Waals surface area contributed by atoms with Crippen molar-refractivity contribution in [3.05, 3.63) is 24.3 Å². The van der Waals surface area contributed by atoms with Gasteiger partial charge in [-0.1, -0.05) is 26.0 Å². The summed E-state index contributed by atoms with van der Waals surface area (Å²) in [5.41, 5.74) is 1.81. The van der Waals surface area contributed by atoms with E-state index < -0.39 is 0 Å². The van der Waals surface area contributed by atoms with Crippen LogP contribution in [0.2, 0.25) is 0 Å². The van der Waals surface area contributed by atoms with Gasteiger partial charge in [0.15, 0.2) is 0 Å². The Hall–Kier alpha value is -1.71. The lowest BCUT2D eigenvalue weighted by Crippen LogP contribution is -2.32. The molecule has 0 bridgehead atoms. The van der Waals surface area contributed by atoms with E-state index in [1.807, 2.05) is 43.3 Å². The molecule has 1 aromatic rings. The van der Waals surface area contributed by atoms with E-state index in [0.717, 1.165) is 11.4 Å². The Bertz CT molecular complexity index is 375. The highest BCUT2D eigenvalue weighted by atomic mass is 16.2. The summed E-state index contributed by atoms with van der Waals surface area (Å²) >= 11 is 0. The second kappa shape index (κ2) is 6.13. The fourth-order valence-electron chi connectivity index (χ4n) is 1.43. The number of benzene rings is 1. The van der Waals surface area contributed by atoms with Crippen molar-refractivity contribution in [3.63, 3.8) is 0 Å². The Labute approximate surface area is 103 Å². The van der Waals surface area contributed by atoms with Gasteiger partial charge < -0.3 is 15.5 Å². The van der Waals surface area contributed by atoms with Gasteiger partial charge in [-0.2, -0.15) is 0 Å². The number of hydrogen-bond donors (Lipinski definition) is 2. The van der Waals surface area contributed by atoms with Crippen molar-refractivity contribution >= 4 is 17.4 Å². The summed E-state index contributed by atoms with van der Waals surface area (Å²) in [6, 6.07) is 7.56. The largest absolute Gasteiger partial charge is 0.376 e. The van der Waals surface area contributed by atoms with E-state index in [-0.39, 0.29) is 6.03 Å². The molecule has 2 N–H and O–H groups in total. The Kier molecular flexibility index (Phi) is 4.82. The van der Waals surface area contributed by atoms with Crippen molar-refractivity contribution < 1.29 is 4.79 Å². The highest BCUT2D eigenvalue weighted by Gasteiger charge is 2.07. The van der Waals surface area contributed by atoms with Crippen molar-refractivity contribution in [3.8, 4) is 0 Å². The first-order chi connectivity index (χ1) is 8.00. The third kappa shape index (κ3) is 4.34. The zero-order valence-electron chi connectivity index (χ0n) is 10.9. The first-order valence-corrected chi connectivity index (χ1v) is 5.82. The number of nitrogens with zero attached hydrogens (tertiary/aromatic N) is 1. The average molecular weight is 235 g/mol. The van der Waals surface area contributed by atoms with Gasteiger partial charge in [0.25, 0.3) is 0 Å². The van der Waals surface area contributed by atoms with Crippen LogP contribution >= 0.6 is 0 Å². The maximum atomic E-state index is 11.7. The summed E-state index contributed by atoms with van der Waals surface area (Å²) in [5, 5.41) is 5.68. The van der Waals surface area contributed by atoms with E-state index in [1.54, 1.807) is 0 Å². The summed E-state index contributed by atoms with van der Waals surface area (Å²) in [6.45, 7) is 4.80. The zero-order valence-corrected chi connectivity index (χ0v) is 10.9. The van der Waals surface area contributed by atoms with Gasteiger partial charge in [0, 0.05) is 20.6 Å². The van der Waals surface area contributed by atoms with Gasteiger partial charge in [0.1, 0.15) is 0 Å². The fourth-order valence-corrected chi connectivity index (χ4v) is 1.43. The summed E-state index contributed by atoms with van der Waals surface area (Å²) in [4.78, 5) is 13.6. The van der Waals surface area contributed by atoms with Crippen molar-refractivity contribution in [2.24, 2.45) is 5.92 Å². The lowest BCUT2D eigenvalue weighted by molar-refractivity contribution is 0.251. The molecule has 2 amide bonds. The smallest absolute Gasteiger partial charge is 0.319 e. The predicted octanol–water partition coefficient (Wildman–Crippen LogP) is 2.53. The molecular weight excluding hydrogens is 214 g/mol. The second-order valence-corrected chi connectivity index (χ2v) is 4.64. The van der Waals surface area contributed by atoms with Crippen LogP contribution in [0.3, 0.4) is 0 Å². The van der Waals surface area contributed by atoms with E-state index >= 15 is 0 Å². The number of anilines is 2. The Morgan fingerprint density at radius 3 is 2.53 bits per heavy atom. The molecule has 94 valence electrons.